The van der Waals surface area contributed by atoms with E-state index in [9.17, 15) is 5.11 Å². The normalized spacial score (nSPS) is 30.1. The second kappa shape index (κ2) is 6.67. The van der Waals surface area contributed by atoms with Crippen molar-refractivity contribution in [2.24, 2.45) is 11.0 Å². The highest BCUT2D eigenvalue weighted by Crippen LogP contribution is 2.29. The molecular weight excluding hydrogens is 194 g/mol. The van der Waals surface area contributed by atoms with E-state index in [-0.39, 0.29) is 12.0 Å². The molecule has 0 spiro atoms. The van der Waals surface area contributed by atoms with E-state index >= 15 is 0 Å². The average molecular weight is 213 g/mol. The summed E-state index contributed by atoms with van der Waals surface area (Å²) in [6.07, 6.45) is 3.29. The van der Waals surface area contributed by atoms with Crippen LogP contribution in [0.25, 0.3) is 10.4 Å². The Bertz CT molecular complexity index is 229. The number of hydrogen-bond acceptors (Lipinski definition) is 3. The second-order valence-electron chi connectivity index (χ2n) is 4.03. The zero-order valence-electron chi connectivity index (χ0n) is 9.17. The van der Waals surface area contributed by atoms with Crippen molar-refractivity contribution in [1.82, 2.24) is 0 Å². The van der Waals surface area contributed by atoms with Crippen LogP contribution in [-0.4, -0.2) is 30.5 Å². The fourth-order valence-corrected chi connectivity index (χ4v) is 1.93. The van der Waals surface area contributed by atoms with Gasteiger partial charge in [0.2, 0.25) is 0 Å². The van der Waals surface area contributed by atoms with Gasteiger partial charge in [0.1, 0.15) is 0 Å². The maximum atomic E-state index is 9.57. The van der Waals surface area contributed by atoms with Crippen molar-refractivity contribution >= 4 is 0 Å². The quantitative estimate of drug-likeness (QED) is 0.318. The van der Waals surface area contributed by atoms with Crippen molar-refractivity contribution in [3.63, 3.8) is 0 Å². The fraction of sp³-hybridized carbons (Fsp3) is 1.00. The van der Waals surface area contributed by atoms with Crippen LogP contribution in [0.3, 0.4) is 0 Å². The van der Waals surface area contributed by atoms with Gasteiger partial charge in [0, 0.05) is 18.1 Å². The molecule has 0 aromatic heterocycles. The van der Waals surface area contributed by atoms with Gasteiger partial charge in [-0.1, -0.05) is 18.5 Å². The third kappa shape index (κ3) is 3.70. The minimum Gasteiger partial charge on any atom is -0.393 e. The van der Waals surface area contributed by atoms with Crippen molar-refractivity contribution < 1.29 is 9.84 Å². The topological polar surface area (TPSA) is 78.2 Å². The summed E-state index contributed by atoms with van der Waals surface area (Å²) in [6.45, 7) is 3.47. The van der Waals surface area contributed by atoms with Gasteiger partial charge in [-0.15, -0.1) is 0 Å². The van der Waals surface area contributed by atoms with Gasteiger partial charge in [-0.25, -0.2) is 0 Å². The highest BCUT2D eigenvalue weighted by Gasteiger charge is 2.34. The molecule has 0 aromatic carbocycles. The first-order valence-electron chi connectivity index (χ1n) is 5.59. The molecule has 0 saturated heterocycles. The van der Waals surface area contributed by atoms with Gasteiger partial charge in [-0.05, 0) is 30.7 Å². The zero-order valence-corrected chi connectivity index (χ0v) is 9.17. The lowest BCUT2D eigenvalue weighted by Crippen LogP contribution is -2.26. The number of ether oxygens (including phenoxy) is 1. The first-order chi connectivity index (χ1) is 7.29. The molecule has 3 atom stereocenters. The lowest BCUT2D eigenvalue weighted by atomic mass is 10.1. The van der Waals surface area contributed by atoms with Crippen LogP contribution in [-0.2, 0) is 4.74 Å². The molecule has 1 saturated carbocycles. The van der Waals surface area contributed by atoms with E-state index in [1.807, 2.05) is 0 Å². The standard InChI is InChI=1S/C10H19N3O2/c1-2-3-6-15-7-8-4-5-9(14)10(8)12-13-11/h8-10,14H,2-7H2,1H3/t8-,9-,10-/m0/s1. The third-order valence-corrected chi connectivity index (χ3v) is 2.87. The van der Waals surface area contributed by atoms with E-state index in [1.54, 1.807) is 0 Å². The number of nitrogens with zero attached hydrogens (tertiary/aromatic N) is 3. The number of rotatable bonds is 6. The van der Waals surface area contributed by atoms with Crippen LogP contribution >= 0.6 is 0 Å². The zero-order chi connectivity index (χ0) is 11.1. The van der Waals surface area contributed by atoms with Gasteiger partial charge in [0.25, 0.3) is 0 Å². The minimum absolute atomic E-state index is 0.188. The summed E-state index contributed by atoms with van der Waals surface area (Å²) in [5.41, 5.74) is 8.38. The first kappa shape index (κ1) is 12.3. The van der Waals surface area contributed by atoms with Crippen molar-refractivity contribution in [3.8, 4) is 0 Å². The molecule has 0 aliphatic heterocycles. The minimum atomic E-state index is -0.485. The van der Waals surface area contributed by atoms with Crippen LogP contribution in [0.15, 0.2) is 5.11 Å². The maximum absolute atomic E-state index is 9.57. The number of unbranched alkanes of at least 4 members (excludes halogenated alkanes) is 1. The molecule has 15 heavy (non-hydrogen) atoms. The molecule has 0 heterocycles. The van der Waals surface area contributed by atoms with Crippen molar-refractivity contribution in [2.75, 3.05) is 13.2 Å². The second-order valence-corrected chi connectivity index (χ2v) is 4.03. The first-order valence-corrected chi connectivity index (χ1v) is 5.59. The van der Waals surface area contributed by atoms with Crippen LogP contribution in [0.5, 0.6) is 0 Å². The van der Waals surface area contributed by atoms with E-state index in [0.717, 1.165) is 25.9 Å². The molecule has 1 aliphatic rings. The predicted octanol–water partition coefficient (Wildman–Crippen LogP) is 2.25. The molecule has 0 bridgehead atoms. The highest BCUT2D eigenvalue weighted by atomic mass is 16.5. The Hall–Kier alpha value is -0.770. The van der Waals surface area contributed by atoms with Crippen molar-refractivity contribution in [2.45, 2.75) is 44.8 Å². The van der Waals surface area contributed by atoms with E-state index in [2.05, 4.69) is 16.9 Å². The largest absolute Gasteiger partial charge is 0.393 e. The smallest absolute Gasteiger partial charge is 0.0683 e. The van der Waals surface area contributed by atoms with E-state index in [1.165, 1.54) is 0 Å². The molecule has 1 aliphatic carbocycles. The summed E-state index contributed by atoms with van der Waals surface area (Å²) >= 11 is 0. The predicted molar refractivity (Wildman–Crippen MR) is 57.4 cm³/mol. The summed E-state index contributed by atoms with van der Waals surface area (Å²) in [5.74, 6) is 0.188. The molecule has 0 unspecified atom stereocenters. The van der Waals surface area contributed by atoms with Gasteiger partial charge in [-0.2, -0.15) is 0 Å². The number of aliphatic hydroxyl groups excluding tert-OH is 1. The summed E-state index contributed by atoms with van der Waals surface area (Å²) in [6, 6.07) is -0.295. The van der Waals surface area contributed by atoms with Crippen LogP contribution in [0.2, 0.25) is 0 Å². The molecule has 5 nitrogen and oxygen atoms in total. The van der Waals surface area contributed by atoms with E-state index in [4.69, 9.17) is 10.3 Å². The van der Waals surface area contributed by atoms with Gasteiger partial charge in [0.15, 0.2) is 0 Å². The number of azide groups is 1. The molecule has 5 heteroatoms. The monoisotopic (exact) mass is 213 g/mol. The Morgan fingerprint density at radius 3 is 3.00 bits per heavy atom. The molecule has 1 rings (SSSR count). The molecule has 0 radical (unpaired) electrons. The average Bonchev–Trinajstić information content (AvgIpc) is 2.57. The number of aliphatic hydroxyl groups is 1. The van der Waals surface area contributed by atoms with Crippen LogP contribution in [0.1, 0.15) is 32.6 Å². The summed E-state index contributed by atoms with van der Waals surface area (Å²) in [5, 5.41) is 13.2. The third-order valence-electron chi connectivity index (χ3n) is 2.87. The molecule has 1 N–H and O–H groups in total. The molecular formula is C10H19N3O2. The summed E-state index contributed by atoms with van der Waals surface area (Å²) < 4.78 is 5.49. The molecule has 86 valence electrons. The van der Waals surface area contributed by atoms with E-state index in [0.29, 0.717) is 13.0 Å². The molecule has 0 aromatic rings. The van der Waals surface area contributed by atoms with Crippen molar-refractivity contribution in [3.05, 3.63) is 10.4 Å². The van der Waals surface area contributed by atoms with Gasteiger partial charge in [-0.3, -0.25) is 0 Å². The number of hydrogen-bond donors (Lipinski definition) is 1. The maximum Gasteiger partial charge on any atom is 0.0683 e. The van der Waals surface area contributed by atoms with Crippen LogP contribution in [0.4, 0.5) is 0 Å². The fourth-order valence-electron chi connectivity index (χ4n) is 1.93. The Kier molecular flexibility index (Phi) is 5.47. The summed E-state index contributed by atoms with van der Waals surface area (Å²) in [7, 11) is 0. The Morgan fingerprint density at radius 1 is 1.53 bits per heavy atom. The Morgan fingerprint density at radius 2 is 2.33 bits per heavy atom. The van der Waals surface area contributed by atoms with Gasteiger partial charge < -0.3 is 9.84 Å². The lowest BCUT2D eigenvalue weighted by Gasteiger charge is -2.16. The van der Waals surface area contributed by atoms with Crippen LogP contribution in [0, 0.1) is 5.92 Å². The summed E-state index contributed by atoms with van der Waals surface area (Å²) in [4.78, 5) is 2.77. The van der Waals surface area contributed by atoms with Crippen LogP contribution < -0.4 is 0 Å². The Balaban J connectivity index is 2.30. The van der Waals surface area contributed by atoms with E-state index < -0.39 is 6.10 Å². The molecule has 1 fully saturated rings. The lowest BCUT2D eigenvalue weighted by molar-refractivity contribution is 0.0814. The van der Waals surface area contributed by atoms with Crippen molar-refractivity contribution in [1.29, 1.82) is 0 Å². The SMILES string of the molecule is CCCCOC[C@@H]1CC[C@H](O)[C@H]1N=[N+]=[N-]. The molecule has 0 amide bonds. The highest BCUT2D eigenvalue weighted by molar-refractivity contribution is 4.90. The Labute approximate surface area is 90.1 Å². The van der Waals surface area contributed by atoms with Gasteiger partial charge >= 0.3 is 0 Å². The van der Waals surface area contributed by atoms with Gasteiger partial charge in [0.05, 0.1) is 12.1 Å².